The first-order valence-corrected chi connectivity index (χ1v) is 10.2. The zero-order chi connectivity index (χ0) is 19.1. The average molecular weight is 366 g/mol. The predicted octanol–water partition coefficient (Wildman–Crippen LogP) is 4.30. The lowest BCUT2D eigenvalue weighted by molar-refractivity contribution is 0.0951. The van der Waals surface area contributed by atoms with E-state index in [-0.39, 0.29) is 5.91 Å². The van der Waals surface area contributed by atoms with E-state index < -0.39 is 0 Å². The summed E-state index contributed by atoms with van der Waals surface area (Å²) in [6.07, 6.45) is 4.84. The number of nitrogens with one attached hydrogen (secondary N) is 1. The van der Waals surface area contributed by atoms with Crippen LogP contribution >= 0.6 is 0 Å². The van der Waals surface area contributed by atoms with Crippen molar-refractivity contribution in [3.8, 4) is 11.3 Å². The van der Waals surface area contributed by atoms with E-state index in [0.717, 1.165) is 48.8 Å². The zero-order valence-corrected chi connectivity index (χ0v) is 16.6. The summed E-state index contributed by atoms with van der Waals surface area (Å²) in [7, 11) is 0. The maximum atomic E-state index is 12.5. The van der Waals surface area contributed by atoms with Gasteiger partial charge in [-0.3, -0.25) is 9.78 Å². The van der Waals surface area contributed by atoms with Gasteiger partial charge in [-0.15, -0.1) is 0 Å². The molecule has 1 atom stereocenters. The van der Waals surface area contributed by atoms with Gasteiger partial charge in [0.1, 0.15) is 0 Å². The molecule has 1 saturated heterocycles. The summed E-state index contributed by atoms with van der Waals surface area (Å²) in [5.41, 5.74) is 3.41. The van der Waals surface area contributed by atoms with E-state index in [0.29, 0.717) is 5.56 Å². The molecule has 0 saturated carbocycles. The van der Waals surface area contributed by atoms with Crippen molar-refractivity contribution in [1.29, 1.82) is 0 Å². The quantitative estimate of drug-likeness (QED) is 0.744. The zero-order valence-electron chi connectivity index (χ0n) is 16.6. The molecule has 1 amide bonds. The van der Waals surface area contributed by atoms with Crippen LogP contribution < -0.4 is 5.32 Å². The summed E-state index contributed by atoms with van der Waals surface area (Å²) >= 11 is 0. The molecule has 2 aromatic rings. The summed E-state index contributed by atoms with van der Waals surface area (Å²) in [6, 6.07) is 13.9. The van der Waals surface area contributed by atoms with Gasteiger partial charge >= 0.3 is 0 Å². The number of benzene rings is 1. The molecule has 2 heterocycles. The van der Waals surface area contributed by atoms with E-state index in [1.54, 1.807) is 0 Å². The van der Waals surface area contributed by atoms with Crippen molar-refractivity contribution in [2.24, 2.45) is 5.92 Å². The number of aryl methyl sites for hydroxylation is 1. The second-order valence-corrected chi connectivity index (χ2v) is 7.71. The normalized spacial score (nSPS) is 17.6. The van der Waals surface area contributed by atoms with Gasteiger partial charge in [-0.05, 0) is 63.7 Å². The number of piperidine rings is 1. The molecular weight excluding hydrogens is 334 g/mol. The summed E-state index contributed by atoms with van der Waals surface area (Å²) in [5.74, 6) is 0.805. The number of rotatable bonds is 7. The molecule has 4 nitrogen and oxygen atoms in total. The Morgan fingerprint density at radius 2 is 2.00 bits per heavy atom. The molecule has 144 valence electrons. The molecule has 0 aliphatic carbocycles. The first-order valence-electron chi connectivity index (χ1n) is 10.2. The van der Waals surface area contributed by atoms with Gasteiger partial charge in [-0.1, -0.05) is 37.3 Å². The number of unbranched alkanes of at least 4 members (excludes halogenated alkanes) is 1. The molecule has 0 radical (unpaired) electrons. The third-order valence-electron chi connectivity index (χ3n) is 5.33. The van der Waals surface area contributed by atoms with Crippen molar-refractivity contribution in [2.75, 3.05) is 26.2 Å². The van der Waals surface area contributed by atoms with Gasteiger partial charge in [0, 0.05) is 18.7 Å². The molecule has 0 bridgehead atoms. The van der Waals surface area contributed by atoms with Gasteiger partial charge in [0.15, 0.2) is 0 Å². The second kappa shape index (κ2) is 9.65. The van der Waals surface area contributed by atoms with E-state index in [2.05, 4.69) is 22.1 Å². The standard InChI is InChI=1S/C23H31N3O/c1-18-9-8-16-26(17-18)15-7-6-14-24-23(27)21-12-13-22(25-19(21)2)20-10-4-3-5-11-20/h3-5,10-13,18H,6-9,14-17H2,1-2H3,(H,24,27). The van der Waals surface area contributed by atoms with Crippen LogP contribution in [-0.2, 0) is 0 Å². The number of hydrogen-bond acceptors (Lipinski definition) is 3. The summed E-state index contributed by atoms with van der Waals surface area (Å²) < 4.78 is 0. The highest BCUT2D eigenvalue weighted by atomic mass is 16.1. The van der Waals surface area contributed by atoms with Crippen LogP contribution in [0.1, 0.15) is 48.7 Å². The maximum Gasteiger partial charge on any atom is 0.253 e. The van der Waals surface area contributed by atoms with E-state index in [1.165, 1.54) is 25.9 Å². The predicted molar refractivity (Wildman–Crippen MR) is 111 cm³/mol. The number of pyridine rings is 1. The number of nitrogens with zero attached hydrogens (tertiary/aromatic N) is 2. The first-order chi connectivity index (χ1) is 13.1. The minimum Gasteiger partial charge on any atom is -0.352 e. The third-order valence-corrected chi connectivity index (χ3v) is 5.33. The van der Waals surface area contributed by atoms with E-state index in [4.69, 9.17) is 0 Å². The first kappa shape index (κ1) is 19.6. The van der Waals surface area contributed by atoms with Gasteiger partial charge in [0.2, 0.25) is 0 Å². The lowest BCUT2D eigenvalue weighted by atomic mass is 10.0. The molecule has 27 heavy (non-hydrogen) atoms. The highest BCUT2D eigenvalue weighted by molar-refractivity contribution is 5.95. The lowest BCUT2D eigenvalue weighted by Crippen LogP contribution is -2.35. The highest BCUT2D eigenvalue weighted by Crippen LogP contribution is 2.19. The molecule has 1 aromatic heterocycles. The number of carbonyl (C=O) groups is 1. The molecule has 1 N–H and O–H groups in total. The van der Waals surface area contributed by atoms with E-state index >= 15 is 0 Å². The maximum absolute atomic E-state index is 12.5. The van der Waals surface area contributed by atoms with Crippen LogP contribution in [0.2, 0.25) is 0 Å². The summed E-state index contributed by atoms with van der Waals surface area (Å²) in [6.45, 7) is 8.57. The van der Waals surface area contributed by atoms with Crippen LogP contribution in [0, 0.1) is 12.8 Å². The van der Waals surface area contributed by atoms with Crippen LogP contribution in [0.4, 0.5) is 0 Å². The molecule has 1 aliphatic rings. The van der Waals surface area contributed by atoms with E-state index in [1.807, 2.05) is 49.4 Å². The minimum atomic E-state index is -0.0220. The Bertz CT molecular complexity index is 745. The van der Waals surface area contributed by atoms with Gasteiger partial charge in [0.05, 0.1) is 17.0 Å². The topological polar surface area (TPSA) is 45.2 Å². The van der Waals surface area contributed by atoms with Crippen molar-refractivity contribution in [3.63, 3.8) is 0 Å². The number of amides is 1. The van der Waals surface area contributed by atoms with Gasteiger partial charge < -0.3 is 10.2 Å². The van der Waals surface area contributed by atoms with Gasteiger partial charge in [-0.2, -0.15) is 0 Å². The molecule has 1 aliphatic heterocycles. The van der Waals surface area contributed by atoms with Crippen LogP contribution in [0.5, 0.6) is 0 Å². The van der Waals surface area contributed by atoms with Gasteiger partial charge in [0.25, 0.3) is 5.91 Å². The average Bonchev–Trinajstić information content (AvgIpc) is 2.68. The summed E-state index contributed by atoms with van der Waals surface area (Å²) in [4.78, 5) is 19.6. The number of aromatic nitrogens is 1. The van der Waals surface area contributed by atoms with Crippen molar-refractivity contribution < 1.29 is 4.79 Å². The SMILES string of the molecule is Cc1nc(-c2ccccc2)ccc1C(=O)NCCCCN1CCCC(C)C1. The fraction of sp³-hybridized carbons (Fsp3) is 0.478. The van der Waals surface area contributed by atoms with Crippen molar-refractivity contribution in [3.05, 3.63) is 53.7 Å². The Kier molecular flexibility index (Phi) is 6.99. The number of carbonyl (C=O) groups excluding carboxylic acids is 1. The Balaban J connectivity index is 1.44. The van der Waals surface area contributed by atoms with Gasteiger partial charge in [-0.25, -0.2) is 0 Å². The second-order valence-electron chi connectivity index (χ2n) is 7.71. The molecular formula is C23H31N3O. The molecule has 1 unspecified atom stereocenters. The van der Waals surface area contributed by atoms with Crippen molar-refractivity contribution in [2.45, 2.75) is 39.5 Å². The fourth-order valence-corrected chi connectivity index (χ4v) is 3.82. The molecule has 0 spiro atoms. The van der Waals surface area contributed by atoms with Crippen molar-refractivity contribution >= 4 is 5.91 Å². The third kappa shape index (κ3) is 5.64. The Morgan fingerprint density at radius 1 is 1.19 bits per heavy atom. The number of likely N-dealkylation sites (tertiary alicyclic amines) is 1. The van der Waals surface area contributed by atoms with Crippen LogP contribution in [0.3, 0.4) is 0 Å². The largest absolute Gasteiger partial charge is 0.352 e. The highest BCUT2D eigenvalue weighted by Gasteiger charge is 2.15. The Hall–Kier alpha value is -2.20. The van der Waals surface area contributed by atoms with Crippen LogP contribution in [0.15, 0.2) is 42.5 Å². The Morgan fingerprint density at radius 3 is 2.74 bits per heavy atom. The fourth-order valence-electron chi connectivity index (χ4n) is 3.82. The van der Waals surface area contributed by atoms with Crippen molar-refractivity contribution in [1.82, 2.24) is 15.2 Å². The van der Waals surface area contributed by atoms with Crippen LogP contribution in [-0.4, -0.2) is 42.0 Å². The molecule has 3 rings (SSSR count). The molecule has 4 heteroatoms. The monoisotopic (exact) mass is 365 g/mol. The number of hydrogen-bond donors (Lipinski definition) is 1. The minimum absolute atomic E-state index is 0.0220. The lowest BCUT2D eigenvalue weighted by Gasteiger charge is -2.30. The van der Waals surface area contributed by atoms with E-state index in [9.17, 15) is 4.79 Å². The Labute approximate surface area is 163 Å². The smallest absolute Gasteiger partial charge is 0.253 e. The van der Waals surface area contributed by atoms with Crippen LogP contribution in [0.25, 0.3) is 11.3 Å². The molecule has 1 aromatic carbocycles. The molecule has 1 fully saturated rings. The summed E-state index contributed by atoms with van der Waals surface area (Å²) in [5, 5.41) is 3.05.